The lowest BCUT2D eigenvalue weighted by molar-refractivity contribution is -0.330. The first-order chi connectivity index (χ1) is 7.04. The molecule has 1 fully saturated rings. The largest absolute Gasteiger partial charge is 0.522 e. The molecule has 3 nitrogen and oxygen atoms in total. The maximum absolute atomic E-state index is 11.7. The molecule has 0 amide bonds. The molecule has 0 aromatic carbocycles. The van der Waals surface area contributed by atoms with E-state index in [1.54, 1.807) is 0 Å². The van der Waals surface area contributed by atoms with E-state index in [2.05, 4.69) is 20.9 Å². The maximum atomic E-state index is 11.7. The maximum Gasteiger partial charge on any atom is 0.522 e. The van der Waals surface area contributed by atoms with Gasteiger partial charge in [-0.1, -0.05) is 0 Å². The van der Waals surface area contributed by atoms with Crippen molar-refractivity contribution in [2.24, 2.45) is 0 Å². The Morgan fingerprint density at radius 3 is 2.80 bits per heavy atom. The van der Waals surface area contributed by atoms with E-state index < -0.39 is 13.0 Å². The highest BCUT2D eigenvalue weighted by atomic mass is 19.4. The zero-order valence-electron chi connectivity index (χ0n) is 7.71. The highest BCUT2D eigenvalue weighted by molar-refractivity contribution is 5.08. The van der Waals surface area contributed by atoms with Crippen LogP contribution >= 0.6 is 0 Å². The van der Waals surface area contributed by atoms with Crippen LogP contribution in [0.1, 0.15) is 30.3 Å². The smallest absolute Gasteiger partial charge is 0.285 e. The van der Waals surface area contributed by atoms with Crippen LogP contribution in [-0.4, -0.2) is 16.3 Å². The van der Waals surface area contributed by atoms with E-state index in [1.165, 1.54) is 6.07 Å². The van der Waals surface area contributed by atoms with Crippen molar-refractivity contribution in [1.82, 2.24) is 9.97 Å². The number of ether oxygens (including phenoxy) is 1. The summed E-state index contributed by atoms with van der Waals surface area (Å²) in [6.45, 7) is -0.581. The van der Waals surface area contributed by atoms with E-state index >= 15 is 0 Å². The lowest BCUT2D eigenvalue weighted by Crippen LogP contribution is -2.14. The number of aromatic nitrogens is 2. The Morgan fingerprint density at radius 1 is 1.47 bits per heavy atom. The Balaban J connectivity index is 1.99. The quantitative estimate of drug-likeness (QED) is 0.778. The monoisotopic (exact) mass is 217 g/mol. The average Bonchev–Trinajstić information content (AvgIpc) is 2.97. The zero-order valence-corrected chi connectivity index (χ0v) is 7.71. The van der Waals surface area contributed by atoms with Gasteiger partial charge in [-0.2, -0.15) is 0 Å². The van der Waals surface area contributed by atoms with Gasteiger partial charge in [0.15, 0.2) is 0 Å². The third kappa shape index (κ3) is 3.16. The standard InChI is InChI=1S/C9H8F3N2O/c10-9(11,12)15-5-7-3-4-13-8(14-7)6-1-2-6/h3,6H,1-2,5H2. The number of hydrogen-bond donors (Lipinski definition) is 0. The molecule has 1 radical (unpaired) electrons. The molecule has 15 heavy (non-hydrogen) atoms. The molecule has 0 unspecified atom stereocenters. The van der Waals surface area contributed by atoms with Gasteiger partial charge >= 0.3 is 6.36 Å². The van der Waals surface area contributed by atoms with Gasteiger partial charge in [0.2, 0.25) is 0 Å². The first-order valence-corrected chi connectivity index (χ1v) is 4.49. The van der Waals surface area contributed by atoms with Crippen LogP contribution in [0, 0.1) is 6.20 Å². The molecule has 1 saturated carbocycles. The molecule has 0 N–H and O–H groups in total. The lowest BCUT2D eigenvalue weighted by Gasteiger charge is -2.06. The normalized spacial score (nSPS) is 16.7. The zero-order chi connectivity index (χ0) is 10.9. The fourth-order valence-electron chi connectivity index (χ4n) is 1.13. The highest BCUT2D eigenvalue weighted by Gasteiger charge is 2.30. The Bertz CT molecular complexity index is 349. The van der Waals surface area contributed by atoms with Crippen molar-refractivity contribution in [3.63, 3.8) is 0 Å². The van der Waals surface area contributed by atoms with Gasteiger partial charge in [0, 0.05) is 5.92 Å². The summed E-state index contributed by atoms with van der Waals surface area (Å²) in [5.41, 5.74) is 0.212. The molecule has 1 aliphatic carbocycles. The van der Waals surface area contributed by atoms with Crippen LogP contribution in [0.4, 0.5) is 13.2 Å². The third-order valence-electron chi connectivity index (χ3n) is 1.99. The number of halogens is 3. The Kier molecular flexibility index (Phi) is 2.60. The molecule has 2 rings (SSSR count). The van der Waals surface area contributed by atoms with Gasteiger partial charge < -0.3 is 0 Å². The van der Waals surface area contributed by atoms with Crippen LogP contribution in [0.5, 0.6) is 0 Å². The first-order valence-electron chi connectivity index (χ1n) is 4.49. The van der Waals surface area contributed by atoms with E-state index in [9.17, 15) is 13.2 Å². The number of rotatable bonds is 3. The Hall–Kier alpha value is -1.17. The summed E-state index contributed by atoms with van der Waals surface area (Å²) < 4.78 is 38.9. The summed E-state index contributed by atoms with van der Waals surface area (Å²) in [6, 6.07) is 1.30. The molecule has 81 valence electrons. The van der Waals surface area contributed by atoms with Crippen LogP contribution in [0.2, 0.25) is 0 Å². The molecule has 0 saturated heterocycles. The fourth-order valence-corrected chi connectivity index (χ4v) is 1.13. The van der Waals surface area contributed by atoms with Gasteiger partial charge in [-0.3, -0.25) is 4.74 Å². The highest BCUT2D eigenvalue weighted by Crippen LogP contribution is 2.37. The van der Waals surface area contributed by atoms with Crippen molar-refractivity contribution in [2.75, 3.05) is 0 Å². The van der Waals surface area contributed by atoms with Gasteiger partial charge in [-0.05, 0) is 18.9 Å². The van der Waals surface area contributed by atoms with Crippen LogP contribution < -0.4 is 0 Å². The van der Waals surface area contributed by atoms with E-state index in [4.69, 9.17) is 0 Å². The van der Waals surface area contributed by atoms with Gasteiger partial charge in [0.05, 0.1) is 18.5 Å². The molecule has 1 aromatic heterocycles. The summed E-state index contributed by atoms with van der Waals surface area (Å²) in [4.78, 5) is 7.84. The van der Waals surface area contributed by atoms with Crippen molar-refractivity contribution >= 4 is 0 Å². The molecule has 0 atom stereocenters. The van der Waals surface area contributed by atoms with Crippen molar-refractivity contribution in [3.8, 4) is 0 Å². The average molecular weight is 217 g/mol. The minimum atomic E-state index is -4.62. The summed E-state index contributed by atoms with van der Waals surface area (Å²) >= 11 is 0. The third-order valence-corrected chi connectivity index (χ3v) is 1.99. The van der Waals surface area contributed by atoms with Crippen LogP contribution in [0.3, 0.4) is 0 Å². The molecular formula is C9H8F3N2O. The van der Waals surface area contributed by atoms with E-state index in [1.807, 2.05) is 0 Å². The second kappa shape index (κ2) is 3.77. The summed E-state index contributed by atoms with van der Waals surface area (Å²) in [7, 11) is 0. The van der Waals surface area contributed by atoms with Crippen LogP contribution in [0.15, 0.2) is 6.07 Å². The van der Waals surface area contributed by atoms with Gasteiger partial charge in [0.25, 0.3) is 0 Å². The van der Waals surface area contributed by atoms with E-state index in [0.717, 1.165) is 12.8 Å². The molecule has 0 aliphatic heterocycles. The topological polar surface area (TPSA) is 35.0 Å². The van der Waals surface area contributed by atoms with Gasteiger partial charge in [0.1, 0.15) is 5.82 Å². The molecule has 6 heteroatoms. The van der Waals surface area contributed by atoms with Crippen molar-refractivity contribution in [2.45, 2.75) is 31.7 Å². The van der Waals surface area contributed by atoms with Gasteiger partial charge in [-0.25, -0.2) is 9.97 Å². The molecule has 0 spiro atoms. The first kappa shape index (κ1) is 10.4. The fraction of sp³-hybridized carbons (Fsp3) is 0.556. The van der Waals surface area contributed by atoms with Crippen LogP contribution in [0.25, 0.3) is 0 Å². The summed E-state index contributed by atoms with van der Waals surface area (Å²) in [5, 5.41) is 0. The van der Waals surface area contributed by atoms with E-state index in [0.29, 0.717) is 11.7 Å². The molecule has 1 aromatic rings. The summed E-state index contributed by atoms with van der Waals surface area (Å²) in [6.07, 6.45) is -0.0981. The lowest BCUT2D eigenvalue weighted by atomic mass is 10.3. The molecule has 1 heterocycles. The Labute approximate surface area is 84.3 Å². The second-order valence-corrected chi connectivity index (χ2v) is 3.36. The molecule has 1 aliphatic rings. The number of hydrogen-bond acceptors (Lipinski definition) is 3. The predicted octanol–water partition coefficient (Wildman–Crippen LogP) is 2.19. The van der Waals surface area contributed by atoms with Crippen molar-refractivity contribution < 1.29 is 17.9 Å². The molecular weight excluding hydrogens is 209 g/mol. The van der Waals surface area contributed by atoms with Crippen molar-refractivity contribution in [1.29, 1.82) is 0 Å². The minimum Gasteiger partial charge on any atom is -0.285 e. The summed E-state index contributed by atoms with van der Waals surface area (Å²) in [5.74, 6) is 0.866. The molecule has 0 bridgehead atoms. The Morgan fingerprint density at radius 2 is 2.20 bits per heavy atom. The number of alkyl halides is 3. The van der Waals surface area contributed by atoms with E-state index in [-0.39, 0.29) is 5.69 Å². The number of nitrogens with zero attached hydrogens (tertiary/aromatic N) is 2. The predicted molar refractivity (Wildman–Crippen MR) is 43.7 cm³/mol. The SMILES string of the molecule is FC(F)(F)OCc1c[c]nc(C2CC2)n1. The second-order valence-electron chi connectivity index (χ2n) is 3.36. The van der Waals surface area contributed by atoms with Crippen LogP contribution in [-0.2, 0) is 11.3 Å². The van der Waals surface area contributed by atoms with Crippen molar-refractivity contribution in [3.05, 3.63) is 23.8 Å². The minimum absolute atomic E-state index is 0.212. The van der Waals surface area contributed by atoms with Gasteiger partial charge in [-0.15, -0.1) is 13.2 Å².